The van der Waals surface area contributed by atoms with E-state index in [2.05, 4.69) is 5.32 Å². The molecule has 1 atom stereocenters. The third-order valence-corrected chi connectivity index (χ3v) is 2.62. The molecule has 0 aromatic heterocycles. The summed E-state index contributed by atoms with van der Waals surface area (Å²) in [5.41, 5.74) is 1.64. The Kier molecular flexibility index (Phi) is 4.47. The van der Waals surface area contributed by atoms with E-state index in [1.807, 2.05) is 20.8 Å². The second-order valence-corrected chi connectivity index (χ2v) is 3.73. The number of benzene rings is 1. The molecule has 1 N–H and O–H groups in total. The zero-order valence-corrected chi connectivity index (χ0v) is 10.0. The number of hydrogen-bond acceptors (Lipinski definition) is 1. The molecular weight excluding hydrogens is 205 g/mol. The van der Waals surface area contributed by atoms with Crippen LogP contribution >= 0.6 is 0 Å². The number of nitrogens with one attached hydrogen (secondary N) is 1. The maximum atomic E-state index is 12.9. The predicted molar refractivity (Wildman–Crippen MR) is 63.9 cm³/mol. The molecule has 16 heavy (non-hydrogen) atoms. The van der Waals surface area contributed by atoms with Crippen LogP contribution in [0, 0.1) is 11.7 Å². The van der Waals surface area contributed by atoms with E-state index in [4.69, 9.17) is 0 Å². The molecule has 0 saturated heterocycles. The number of carbonyl (C=O) groups excluding carboxylic acids is 1. The first-order valence-electron chi connectivity index (χ1n) is 5.76. The van der Waals surface area contributed by atoms with Crippen LogP contribution in [0.4, 0.5) is 10.1 Å². The molecule has 0 fully saturated rings. The molecule has 1 unspecified atom stereocenters. The Hall–Kier alpha value is -1.38. The van der Waals surface area contributed by atoms with Gasteiger partial charge in [0.15, 0.2) is 0 Å². The first-order chi connectivity index (χ1) is 7.66. The number of amides is 1. The van der Waals surface area contributed by atoms with Gasteiger partial charge in [-0.05, 0) is 36.6 Å². The van der Waals surface area contributed by atoms with Crippen molar-refractivity contribution in [3.63, 3.8) is 0 Å². The summed E-state index contributed by atoms with van der Waals surface area (Å²) < 4.78 is 12.9. The minimum Gasteiger partial charge on any atom is -0.326 e. The summed E-state index contributed by atoms with van der Waals surface area (Å²) in [6, 6.07) is 4.49. The summed E-state index contributed by atoms with van der Waals surface area (Å²) in [7, 11) is 0. The summed E-state index contributed by atoms with van der Waals surface area (Å²) in [6.07, 6.45) is 1.54. The van der Waals surface area contributed by atoms with E-state index in [0.717, 1.165) is 24.1 Å². The van der Waals surface area contributed by atoms with Crippen LogP contribution in [-0.2, 0) is 11.2 Å². The lowest BCUT2D eigenvalue weighted by atomic mass is 10.0. The number of anilines is 1. The minimum absolute atomic E-state index is 0.00506. The molecule has 3 heteroatoms. The Bertz CT molecular complexity index is 376. The van der Waals surface area contributed by atoms with E-state index in [-0.39, 0.29) is 17.6 Å². The van der Waals surface area contributed by atoms with Gasteiger partial charge in [0.2, 0.25) is 5.91 Å². The second kappa shape index (κ2) is 5.64. The average Bonchev–Trinajstić information content (AvgIpc) is 2.43. The molecule has 2 rings (SSSR count). The molecule has 0 bridgehead atoms. The van der Waals surface area contributed by atoms with Gasteiger partial charge < -0.3 is 5.32 Å². The van der Waals surface area contributed by atoms with Gasteiger partial charge in [0, 0.05) is 11.6 Å². The SMILES string of the molecule is CC.CC1CCc2cc(F)ccc2NC1=O. The summed E-state index contributed by atoms with van der Waals surface area (Å²) in [5.74, 6) is -0.214. The van der Waals surface area contributed by atoms with Gasteiger partial charge in [-0.2, -0.15) is 0 Å². The molecule has 1 amide bonds. The first-order valence-corrected chi connectivity index (χ1v) is 5.76. The van der Waals surface area contributed by atoms with E-state index in [1.165, 1.54) is 12.1 Å². The topological polar surface area (TPSA) is 29.1 Å². The van der Waals surface area contributed by atoms with Crippen molar-refractivity contribution in [1.82, 2.24) is 0 Å². The summed E-state index contributed by atoms with van der Waals surface area (Å²) in [5, 5.41) is 2.79. The number of fused-ring (bicyclic) bond motifs is 1. The van der Waals surface area contributed by atoms with Crippen LogP contribution in [0.2, 0.25) is 0 Å². The molecule has 1 aromatic rings. The van der Waals surface area contributed by atoms with Gasteiger partial charge >= 0.3 is 0 Å². The zero-order valence-electron chi connectivity index (χ0n) is 10.0. The van der Waals surface area contributed by atoms with Crippen LogP contribution in [0.25, 0.3) is 0 Å². The highest BCUT2D eigenvalue weighted by Crippen LogP contribution is 2.24. The van der Waals surface area contributed by atoms with Crippen molar-refractivity contribution in [2.75, 3.05) is 5.32 Å². The third-order valence-electron chi connectivity index (χ3n) is 2.62. The fourth-order valence-corrected chi connectivity index (χ4v) is 1.65. The number of carbonyl (C=O) groups is 1. The number of hydrogen-bond donors (Lipinski definition) is 1. The van der Waals surface area contributed by atoms with Gasteiger partial charge in [-0.3, -0.25) is 4.79 Å². The number of aryl methyl sites for hydroxylation is 1. The second-order valence-electron chi connectivity index (χ2n) is 3.73. The quantitative estimate of drug-likeness (QED) is 0.717. The normalized spacial score (nSPS) is 18.8. The van der Waals surface area contributed by atoms with Crippen molar-refractivity contribution in [1.29, 1.82) is 0 Å². The van der Waals surface area contributed by atoms with Crippen LogP contribution in [0.5, 0.6) is 0 Å². The molecule has 0 radical (unpaired) electrons. The highest BCUT2D eigenvalue weighted by atomic mass is 19.1. The van der Waals surface area contributed by atoms with Crippen LogP contribution in [0.1, 0.15) is 32.8 Å². The molecular formula is C13H18FNO. The van der Waals surface area contributed by atoms with E-state index in [1.54, 1.807) is 6.07 Å². The van der Waals surface area contributed by atoms with E-state index >= 15 is 0 Å². The molecule has 0 aliphatic carbocycles. The number of rotatable bonds is 0. The summed E-state index contributed by atoms with van der Waals surface area (Å²) in [4.78, 5) is 11.5. The molecule has 1 aromatic carbocycles. The van der Waals surface area contributed by atoms with E-state index in [0.29, 0.717) is 0 Å². The highest BCUT2D eigenvalue weighted by Gasteiger charge is 2.19. The predicted octanol–water partition coefficient (Wildman–Crippen LogP) is 3.37. The lowest BCUT2D eigenvalue weighted by molar-refractivity contribution is -0.119. The van der Waals surface area contributed by atoms with Crippen LogP contribution in [0.3, 0.4) is 0 Å². The number of halogens is 1. The van der Waals surface area contributed by atoms with Crippen molar-refractivity contribution < 1.29 is 9.18 Å². The van der Waals surface area contributed by atoms with Crippen LogP contribution in [0.15, 0.2) is 18.2 Å². The Labute approximate surface area is 95.9 Å². The van der Waals surface area contributed by atoms with Crippen molar-refractivity contribution >= 4 is 11.6 Å². The van der Waals surface area contributed by atoms with Crippen LogP contribution < -0.4 is 5.32 Å². The molecule has 88 valence electrons. The molecule has 1 aliphatic rings. The molecule has 0 saturated carbocycles. The summed E-state index contributed by atoms with van der Waals surface area (Å²) >= 11 is 0. The van der Waals surface area contributed by atoms with Crippen molar-refractivity contribution in [3.05, 3.63) is 29.6 Å². The smallest absolute Gasteiger partial charge is 0.227 e. The fraction of sp³-hybridized carbons (Fsp3) is 0.462. The van der Waals surface area contributed by atoms with Gasteiger partial charge in [-0.1, -0.05) is 20.8 Å². The van der Waals surface area contributed by atoms with Crippen LogP contribution in [-0.4, -0.2) is 5.91 Å². The largest absolute Gasteiger partial charge is 0.326 e. The third kappa shape index (κ3) is 2.81. The molecule has 0 spiro atoms. The zero-order chi connectivity index (χ0) is 12.1. The standard InChI is InChI=1S/C11H12FNO.C2H6/c1-7-2-3-8-6-9(12)4-5-10(8)13-11(7)14;1-2/h4-7H,2-3H2,1H3,(H,13,14);1-2H3. The van der Waals surface area contributed by atoms with Gasteiger partial charge in [-0.15, -0.1) is 0 Å². The van der Waals surface area contributed by atoms with Crippen molar-refractivity contribution in [2.24, 2.45) is 5.92 Å². The minimum atomic E-state index is -0.243. The van der Waals surface area contributed by atoms with Crippen molar-refractivity contribution in [2.45, 2.75) is 33.6 Å². The lowest BCUT2D eigenvalue weighted by Crippen LogP contribution is -2.18. The Balaban J connectivity index is 0.000000606. The molecule has 2 nitrogen and oxygen atoms in total. The maximum Gasteiger partial charge on any atom is 0.227 e. The van der Waals surface area contributed by atoms with Gasteiger partial charge in [0.05, 0.1) is 0 Å². The van der Waals surface area contributed by atoms with Crippen molar-refractivity contribution in [3.8, 4) is 0 Å². The fourth-order valence-electron chi connectivity index (χ4n) is 1.65. The summed E-state index contributed by atoms with van der Waals surface area (Å²) in [6.45, 7) is 5.89. The van der Waals surface area contributed by atoms with Gasteiger partial charge in [0.1, 0.15) is 5.82 Å². The maximum absolute atomic E-state index is 12.9. The van der Waals surface area contributed by atoms with E-state index in [9.17, 15) is 9.18 Å². The van der Waals surface area contributed by atoms with Gasteiger partial charge in [0.25, 0.3) is 0 Å². The van der Waals surface area contributed by atoms with Gasteiger partial charge in [-0.25, -0.2) is 4.39 Å². The Morgan fingerprint density at radius 1 is 1.38 bits per heavy atom. The van der Waals surface area contributed by atoms with E-state index < -0.39 is 0 Å². The highest BCUT2D eigenvalue weighted by molar-refractivity contribution is 5.93. The monoisotopic (exact) mass is 223 g/mol. The molecule has 1 heterocycles. The Morgan fingerprint density at radius 2 is 2.06 bits per heavy atom. The average molecular weight is 223 g/mol. The molecule has 1 aliphatic heterocycles. The first kappa shape index (κ1) is 12.7. The Morgan fingerprint density at radius 3 is 2.75 bits per heavy atom. The lowest BCUT2D eigenvalue weighted by Gasteiger charge is -2.06.